The smallest absolute Gasteiger partial charge is 0.274 e. The van der Waals surface area contributed by atoms with Crippen molar-refractivity contribution in [2.24, 2.45) is 13.0 Å². The second-order valence-electron chi connectivity index (χ2n) is 6.97. The molecule has 1 aromatic carbocycles. The molecule has 28 heavy (non-hydrogen) atoms. The van der Waals surface area contributed by atoms with Gasteiger partial charge in [-0.15, -0.1) is 0 Å². The minimum Gasteiger partial charge on any atom is -0.321 e. The molecule has 0 fully saturated rings. The van der Waals surface area contributed by atoms with E-state index >= 15 is 0 Å². The van der Waals surface area contributed by atoms with Crippen molar-refractivity contribution >= 4 is 28.5 Å². The van der Waals surface area contributed by atoms with Crippen LogP contribution >= 0.6 is 0 Å². The predicted molar refractivity (Wildman–Crippen MR) is 106 cm³/mol. The van der Waals surface area contributed by atoms with E-state index in [1.807, 2.05) is 12.2 Å². The summed E-state index contributed by atoms with van der Waals surface area (Å²) in [7, 11) is 0.588. The van der Waals surface area contributed by atoms with Crippen molar-refractivity contribution in [3.8, 4) is 6.07 Å². The number of nitrogens with one attached hydrogen (secondary N) is 3. The molecule has 0 aliphatic carbocycles. The molecule has 2 aromatic rings. The van der Waals surface area contributed by atoms with E-state index in [0.29, 0.717) is 27.9 Å². The molecule has 2 heterocycles. The number of nitrogens with zero attached hydrogens (tertiary/aromatic N) is 3. The first-order valence-electron chi connectivity index (χ1n) is 8.78. The molecule has 1 aromatic heterocycles. The third-order valence-corrected chi connectivity index (χ3v) is 5.52. The molecule has 1 aliphatic heterocycles. The Balaban J connectivity index is 1.93. The molecule has 0 bridgehead atoms. The molecule has 0 spiro atoms. The monoisotopic (exact) mass is 400 g/mol. The molecule has 3 N–H and O–H groups in total. The number of amides is 1. The summed E-state index contributed by atoms with van der Waals surface area (Å²) in [6.07, 6.45) is 4.68. The highest BCUT2D eigenvalue weighted by atomic mass is 32.2. The van der Waals surface area contributed by atoms with Crippen LogP contribution in [0.4, 0.5) is 10.1 Å². The van der Waals surface area contributed by atoms with E-state index in [0.717, 1.165) is 12.5 Å². The Morgan fingerprint density at radius 3 is 2.96 bits per heavy atom. The van der Waals surface area contributed by atoms with Gasteiger partial charge in [0.05, 0.1) is 5.56 Å². The van der Waals surface area contributed by atoms with Crippen LogP contribution in [0, 0.1) is 27.8 Å². The average molecular weight is 400 g/mol. The lowest BCUT2D eigenvalue weighted by molar-refractivity contribution is 0.101. The summed E-state index contributed by atoms with van der Waals surface area (Å²) < 4.78 is 26.6. The largest absolute Gasteiger partial charge is 0.321 e. The zero-order valence-corrected chi connectivity index (χ0v) is 16.6. The summed E-state index contributed by atoms with van der Waals surface area (Å²) in [6.45, 7) is 4.23. The normalized spacial score (nSPS) is 18.4. The number of carbonyl (C=O) groups excluding carboxylic acids is 1. The minimum absolute atomic E-state index is 0.0338. The molecule has 1 aliphatic rings. The molecule has 2 unspecified atom stereocenters. The van der Waals surface area contributed by atoms with Crippen molar-refractivity contribution in [2.45, 2.75) is 31.3 Å². The summed E-state index contributed by atoms with van der Waals surface area (Å²) in [4.78, 5) is 12.9. The number of rotatable bonds is 4. The highest BCUT2D eigenvalue weighted by Gasteiger charge is 2.26. The zero-order chi connectivity index (χ0) is 20.4. The first kappa shape index (κ1) is 19.9. The molecule has 0 radical (unpaired) electrons. The van der Waals surface area contributed by atoms with E-state index in [4.69, 9.17) is 10.0 Å². The van der Waals surface area contributed by atoms with Crippen LogP contribution in [-0.2, 0) is 17.9 Å². The van der Waals surface area contributed by atoms with Gasteiger partial charge in [-0.1, -0.05) is 26.0 Å². The average Bonchev–Trinajstić information content (AvgIpc) is 2.89. The molecule has 146 valence electrons. The first-order valence-corrected chi connectivity index (χ1v) is 10.0. The zero-order valence-electron chi connectivity index (χ0n) is 15.8. The molecule has 7 nitrogen and oxygen atoms in total. The van der Waals surface area contributed by atoms with Crippen LogP contribution in [0.15, 0.2) is 29.3 Å². The molecule has 3 rings (SSSR count). The van der Waals surface area contributed by atoms with E-state index in [2.05, 4.69) is 29.0 Å². The van der Waals surface area contributed by atoms with Crippen LogP contribution in [0.1, 0.15) is 41.9 Å². The van der Waals surface area contributed by atoms with Gasteiger partial charge in [0, 0.05) is 35.2 Å². The number of hydrogen-bond acceptors (Lipinski definition) is 4. The van der Waals surface area contributed by atoms with Gasteiger partial charge in [-0.3, -0.25) is 14.3 Å². The fraction of sp³-hybridized carbons (Fsp3) is 0.316. The molecule has 1 amide bonds. The summed E-state index contributed by atoms with van der Waals surface area (Å²) in [6, 6.07) is 5.61. The Morgan fingerprint density at radius 1 is 1.54 bits per heavy atom. The number of halogens is 1. The van der Waals surface area contributed by atoms with E-state index in [1.54, 1.807) is 13.1 Å². The quantitative estimate of drug-likeness (QED) is 0.731. The van der Waals surface area contributed by atoms with Gasteiger partial charge < -0.3 is 5.32 Å². The fourth-order valence-electron chi connectivity index (χ4n) is 3.06. The van der Waals surface area contributed by atoms with Crippen LogP contribution in [-0.4, -0.2) is 21.7 Å². The Kier molecular flexibility index (Phi) is 5.72. The maximum Gasteiger partial charge on any atom is 0.274 e. The number of aromatic nitrogens is 2. The van der Waals surface area contributed by atoms with Gasteiger partial charge in [-0.05, 0) is 30.5 Å². The molecule has 9 heteroatoms. The third-order valence-electron chi connectivity index (χ3n) is 4.29. The van der Waals surface area contributed by atoms with Crippen LogP contribution in [0.2, 0.25) is 0 Å². The van der Waals surface area contributed by atoms with Gasteiger partial charge in [-0.2, -0.15) is 10.4 Å². The van der Waals surface area contributed by atoms with Gasteiger partial charge in [0.2, 0.25) is 0 Å². The molecular formula is C19H21FN6OS. The van der Waals surface area contributed by atoms with Crippen LogP contribution in [0.3, 0.4) is 0 Å². The Hall–Kier alpha value is -2.83. The number of fused-ring (bicyclic) bond motifs is 1. The Bertz CT molecular complexity index is 1020. The second-order valence-corrected chi connectivity index (χ2v) is 8.21. The third kappa shape index (κ3) is 4.03. The van der Waals surface area contributed by atoms with Gasteiger partial charge in [0.1, 0.15) is 17.6 Å². The van der Waals surface area contributed by atoms with Crippen molar-refractivity contribution in [1.29, 1.82) is 10.0 Å². The highest BCUT2D eigenvalue weighted by Crippen LogP contribution is 2.25. The Labute approximate surface area is 165 Å². The number of benzene rings is 1. The van der Waals surface area contributed by atoms with E-state index in [1.165, 1.54) is 16.8 Å². The summed E-state index contributed by atoms with van der Waals surface area (Å²) in [5.41, 5.74) is 1.08. The van der Waals surface area contributed by atoms with E-state index in [-0.39, 0.29) is 11.6 Å². The number of nitriles is 1. The lowest BCUT2D eigenvalue weighted by Crippen LogP contribution is -2.29. The van der Waals surface area contributed by atoms with Gasteiger partial charge in [0.15, 0.2) is 5.03 Å². The maximum absolute atomic E-state index is 13.5. The summed E-state index contributed by atoms with van der Waals surface area (Å²) in [5.74, 6) is -0.611. The van der Waals surface area contributed by atoms with Crippen LogP contribution < -0.4 is 10.0 Å². The lowest BCUT2D eigenvalue weighted by atomic mass is 10.0. The Morgan fingerprint density at radius 2 is 2.29 bits per heavy atom. The SMILES string of the molecule is CC(C)CC1C=Cc2c(nn(C)c2C(=O)Nc2ccc(F)c(C#N)c2)S(=N)N1. The number of anilines is 1. The number of carbonyl (C=O) groups is 1. The van der Waals surface area contributed by atoms with Gasteiger partial charge in [-0.25, -0.2) is 9.11 Å². The van der Waals surface area contributed by atoms with E-state index < -0.39 is 22.6 Å². The van der Waals surface area contributed by atoms with Crippen molar-refractivity contribution < 1.29 is 9.18 Å². The molecule has 0 saturated carbocycles. The number of aryl methyl sites for hydroxylation is 1. The molecule has 0 saturated heterocycles. The molecule has 2 atom stereocenters. The first-order chi connectivity index (χ1) is 13.3. The highest BCUT2D eigenvalue weighted by molar-refractivity contribution is 7.84. The van der Waals surface area contributed by atoms with Gasteiger partial charge in [0.25, 0.3) is 5.91 Å². The predicted octanol–water partition coefficient (Wildman–Crippen LogP) is 3.37. The second kappa shape index (κ2) is 8.04. The fourth-order valence-corrected chi connectivity index (χ4v) is 4.24. The maximum atomic E-state index is 13.5. The molecular weight excluding hydrogens is 379 g/mol. The number of hydrogen-bond donors (Lipinski definition) is 3. The minimum atomic E-state index is -1.06. The van der Waals surface area contributed by atoms with Crippen molar-refractivity contribution in [3.05, 3.63) is 46.9 Å². The summed E-state index contributed by atoms with van der Waals surface area (Å²) in [5, 5.41) is 16.5. The van der Waals surface area contributed by atoms with Crippen molar-refractivity contribution in [2.75, 3.05) is 5.32 Å². The van der Waals surface area contributed by atoms with Gasteiger partial charge >= 0.3 is 0 Å². The standard InChI is InChI=1S/C19H21FN6OS/c1-11(2)8-14-4-6-15-17(26(3)24-19(15)28(22)25-14)18(27)23-13-5-7-16(20)12(9-13)10-21/h4-7,9,11,14H,8H2,1-3H3,(H2,22,25)(H,23,27). The van der Waals surface area contributed by atoms with E-state index in [9.17, 15) is 9.18 Å². The van der Waals surface area contributed by atoms with Crippen molar-refractivity contribution in [3.63, 3.8) is 0 Å². The van der Waals surface area contributed by atoms with Crippen LogP contribution in [0.5, 0.6) is 0 Å². The van der Waals surface area contributed by atoms with Crippen LogP contribution in [0.25, 0.3) is 6.08 Å². The lowest BCUT2D eigenvalue weighted by Gasteiger charge is -2.15. The topological polar surface area (TPSA) is 107 Å². The summed E-state index contributed by atoms with van der Waals surface area (Å²) >= 11 is 0. The van der Waals surface area contributed by atoms with Crippen molar-refractivity contribution in [1.82, 2.24) is 14.5 Å².